The molecule has 0 aromatic rings. The number of aliphatic carboxylic acids is 1. The van der Waals surface area contributed by atoms with Crippen molar-refractivity contribution in [1.29, 1.82) is 0 Å². The van der Waals surface area contributed by atoms with E-state index in [1.54, 1.807) is 4.90 Å². The van der Waals surface area contributed by atoms with Crippen LogP contribution in [0.2, 0.25) is 0 Å². The van der Waals surface area contributed by atoms with Gasteiger partial charge < -0.3 is 15.7 Å². The Morgan fingerprint density at radius 3 is 2.37 bits per heavy atom. The first-order valence-electron chi connectivity index (χ1n) is 7.11. The molecule has 5 heteroatoms. The van der Waals surface area contributed by atoms with E-state index in [2.05, 4.69) is 0 Å². The molecule has 0 unspecified atom stereocenters. The standard InChI is InChI=1S/C14H26N2O3/c1-11(2)16(8-3-5-13(18)19)12(17)9-14(10-15)6-4-7-14/h11H,3-10,15H2,1-2H3,(H,18,19). The summed E-state index contributed by atoms with van der Waals surface area (Å²) in [6.07, 6.45) is 4.36. The highest BCUT2D eigenvalue weighted by atomic mass is 16.4. The molecule has 1 aliphatic rings. The van der Waals surface area contributed by atoms with Crippen LogP contribution in [0, 0.1) is 5.41 Å². The van der Waals surface area contributed by atoms with Gasteiger partial charge in [0.15, 0.2) is 0 Å². The molecule has 0 radical (unpaired) electrons. The zero-order chi connectivity index (χ0) is 14.5. The highest BCUT2D eigenvalue weighted by molar-refractivity contribution is 5.77. The van der Waals surface area contributed by atoms with Crippen molar-refractivity contribution < 1.29 is 14.7 Å². The van der Waals surface area contributed by atoms with Crippen molar-refractivity contribution in [1.82, 2.24) is 4.90 Å². The number of amides is 1. The summed E-state index contributed by atoms with van der Waals surface area (Å²) in [7, 11) is 0. The molecule has 0 aliphatic heterocycles. The van der Waals surface area contributed by atoms with E-state index in [0.717, 1.165) is 19.3 Å². The maximum absolute atomic E-state index is 12.4. The first-order valence-corrected chi connectivity index (χ1v) is 7.11. The quantitative estimate of drug-likeness (QED) is 0.702. The minimum absolute atomic E-state index is 0.0109. The molecule has 0 heterocycles. The summed E-state index contributed by atoms with van der Waals surface area (Å²) in [6, 6.07) is 0.108. The van der Waals surface area contributed by atoms with Crippen LogP contribution in [-0.4, -0.2) is 41.0 Å². The Labute approximate surface area is 115 Å². The van der Waals surface area contributed by atoms with E-state index < -0.39 is 5.97 Å². The highest BCUT2D eigenvalue weighted by Crippen LogP contribution is 2.43. The Bertz CT molecular complexity index is 319. The lowest BCUT2D eigenvalue weighted by Gasteiger charge is -2.42. The number of hydrogen-bond donors (Lipinski definition) is 2. The summed E-state index contributed by atoms with van der Waals surface area (Å²) in [5, 5.41) is 8.66. The smallest absolute Gasteiger partial charge is 0.303 e. The van der Waals surface area contributed by atoms with Crippen molar-refractivity contribution in [2.75, 3.05) is 13.1 Å². The molecule has 1 aliphatic carbocycles. The molecule has 0 atom stereocenters. The SMILES string of the molecule is CC(C)N(CCCC(=O)O)C(=O)CC1(CN)CCC1. The Morgan fingerprint density at radius 2 is 2.00 bits per heavy atom. The van der Waals surface area contributed by atoms with Crippen LogP contribution in [-0.2, 0) is 9.59 Å². The summed E-state index contributed by atoms with van der Waals surface area (Å²) in [5.41, 5.74) is 5.80. The molecule has 0 spiro atoms. The minimum atomic E-state index is -0.812. The molecule has 0 bridgehead atoms. The summed E-state index contributed by atoms with van der Waals surface area (Å²) in [4.78, 5) is 24.7. The van der Waals surface area contributed by atoms with Crippen molar-refractivity contribution in [3.05, 3.63) is 0 Å². The van der Waals surface area contributed by atoms with Crippen molar-refractivity contribution in [2.45, 2.75) is 58.4 Å². The topological polar surface area (TPSA) is 83.6 Å². The van der Waals surface area contributed by atoms with Gasteiger partial charge in [-0.15, -0.1) is 0 Å². The zero-order valence-corrected chi connectivity index (χ0v) is 12.0. The molecular weight excluding hydrogens is 244 g/mol. The lowest BCUT2D eigenvalue weighted by atomic mass is 9.66. The first kappa shape index (κ1) is 16.0. The van der Waals surface area contributed by atoms with Gasteiger partial charge >= 0.3 is 5.97 Å². The van der Waals surface area contributed by atoms with Gasteiger partial charge in [0.1, 0.15) is 0 Å². The molecule has 0 aromatic carbocycles. The van der Waals surface area contributed by atoms with E-state index in [4.69, 9.17) is 10.8 Å². The van der Waals surface area contributed by atoms with Crippen molar-refractivity contribution in [3.8, 4) is 0 Å². The van der Waals surface area contributed by atoms with Gasteiger partial charge in [0, 0.05) is 25.4 Å². The predicted octanol–water partition coefficient (Wildman–Crippen LogP) is 1.61. The van der Waals surface area contributed by atoms with Crippen LogP contribution in [0.3, 0.4) is 0 Å². The highest BCUT2D eigenvalue weighted by Gasteiger charge is 2.38. The van der Waals surface area contributed by atoms with E-state index >= 15 is 0 Å². The van der Waals surface area contributed by atoms with Crippen molar-refractivity contribution >= 4 is 11.9 Å². The van der Waals surface area contributed by atoms with Crippen LogP contribution < -0.4 is 5.73 Å². The largest absolute Gasteiger partial charge is 0.481 e. The third-order valence-corrected chi connectivity index (χ3v) is 4.11. The molecule has 5 nitrogen and oxygen atoms in total. The number of nitrogens with two attached hydrogens (primary N) is 1. The normalized spacial score (nSPS) is 17.1. The number of carboxylic acids is 1. The number of nitrogens with zero attached hydrogens (tertiary/aromatic N) is 1. The van der Waals surface area contributed by atoms with E-state index in [1.165, 1.54) is 0 Å². The van der Waals surface area contributed by atoms with Gasteiger partial charge in [-0.1, -0.05) is 6.42 Å². The first-order chi connectivity index (χ1) is 8.90. The van der Waals surface area contributed by atoms with Crippen LogP contribution in [0.5, 0.6) is 0 Å². The van der Waals surface area contributed by atoms with Gasteiger partial charge in [-0.2, -0.15) is 0 Å². The maximum atomic E-state index is 12.4. The van der Waals surface area contributed by atoms with Gasteiger partial charge in [-0.05, 0) is 45.1 Å². The van der Waals surface area contributed by atoms with E-state index in [9.17, 15) is 9.59 Å². The maximum Gasteiger partial charge on any atom is 0.303 e. The molecular formula is C14H26N2O3. The van der Waals surface area contributed by atoms with E-state index in [-0.39, 0.29) is 23.8 Å². The summed E-state index contributed by atoms with van der Waals surface area (Å²) >= 11 is 0. The van der Waals surface area contributed by atoms with Crippen LogP contribution >= 0.6 is 0 Å². The molecule has 3 N–H and O–H groups in total. The second kappa shape index (κ2) is 6.89. The van der Waals surface area contributed by atoms with Gasteiger partial charge in [-0.3, -0.25) is 9.59 Å². The van der Waals surface area contributed by atoms with Crippen LogP contribution in [0.1, 0.15) is 52.4 Å². The number of hydrogen-bond acceptors (Lipinski definition) is 3. The number of carboxylic acid groups (broad SMARTS) is 1. The monoisotopic (exact) mass is 270 g/mol. The Balaban J connectivity index is 2.50. The van der Waals surface area contributed by atoms with E-state index in [1.807, 2.05) is 13.8 Å². The fourth-order valence-corrected chi connectivity index (χ4v) is 2.62. The van der Waals surface area contributed by atoms with Gasteiger partial charge in [-0.25, -0.2) is 0 Å². The van der Waals surface area contributed by atoms with E-state index in [0.29, 0.717) is 25.9 Å². The third kappa shape index (κ3) is 4.49. The van der Waals surface area contributed by atoms with Gasteiger partial charge in [0.25, 0.3) is 0 Å². The predicted molar refractivity (Wildman–Crippen MR) is 73.7 cm³/mol. The average molecular weight is 270 g/mol. The Hall–Kier alpha value is -1.10. The lowest BCUT2D eigenvalue weighted by molar-refractivity contribution is -0.140. The van der Waals surface area contributed by atoms with Crippen LogP contribution in [0.4, 0.5) is 0 Å². The molecule has 1 saturated carbocycles. The number of rotatable bonds is 8. The molecule has 0 aromatic heterocycles. The summed E-state index contributed by atoms with van der Waals surface area (Å²) in [6.45, 7) is 5.02. The molecule has 1 amide bonds. The molecule has 1 rings (SSSR count). The number of carbonyl (C=O) groups is 2. The second-order valence-electron chi connectivity index (χ2n) is 5.91. The zero-order valence-electron chi connectivity index (χ0n) is 12.0. The molecule has 0 saturated heterocycles. The Morgan fingerprint density at radius 1 is 1.37 bits per heavy atom. The molecule has 110 valence electrons. The minimum Gasteiger partial charge on any atom is -0.481 e. The summed E-state index contributed by atoms with van der Waals surface area (Å²) < 4.78 is 0. The molecule has 19 heavy (non-hydrogen) atoms. The third-order valence-electron chi connectivity index (χ3n) is 4.11. The van der Waals surface area contributed by atoms with Gasteiger partial charge in [0.05, 0.1) is 0 Å². The molecule has 1 fully saturated rings. The fraction of sp³-hybridized carbons (Fsp3) is 0.857. The summed E-state index contributed by atoms with van der Waals surface area (Å²) in [5.74, 6) is -0.695. The second-order valence-corrected chi connectivity index (χ2v) is 5.91. The average Bonchev–Trinajstić information content (AvgIpc) is 2.28. The lowest BCUT2D eigenvalue weighted by Crippen LogP contribution is -2.45. The fourth-order valence-electron chi connectivity index (χ4n) is 2.62. The Kier molecular flexibility index (Phi) is 5.79. The van der Waals surface area contributed by atoms with Crippen molar-refractivity contribution in [3.63, 3.8) is 0 Å². The van der Waals surface area contributed by atoms with Crippen molar-refractivity contribution in [2.24, 2.45) is 11.1 Å². The van der Waals surface area contributed by atoms with Crippen LogP contribution in [0.15, 0.2) is 0 Å². The van der Waals surface area contributed by atoms with Crippen LogP contribution in [0.25, 0.3) is 0 Å². The number of carbonyl (C=O) groups excluding carboxylic acids is 1. The van der Waals surface area contributed by atoms with Gasteiger partial charge in [0.2, 0.25) is 5.91 Å².